The van der Waals surface area contributed by atoms with Gasteiger partial charge in [-0.15, -0.1) is 0 Å². The number of hydrogen-bond donors (Lipinski definition) is 1. The van der Waals surface area contributed by atoms with Gasteiger partial charge in [-0.2, -0.15) is 5.10 Å². The lowest BCUT2D eigenvalue weighted by Gasteiger charge is -2.01. The number of aryl methyl sites for hydroxylation is 1. The molecule has 0 saturated carbocycles. The minimum Gasteiger partial charge on any atom is -0.384 e. The molecule has 0 aliphatic heterocycles. The van der Waals surface area contributed by atoms with E-state index in [-0.39, 0.29) is 5.82 Å². The van der Waals surface area contributed by atoms with E-state index in [0.717, 1.165) is 0 Å². The SMILES string of the molecule is Cn1nc(-c2c(F)cccc2Br)cc1N. The van der Waals surface area contributed by atoms with Crippen molar-refractivity contribution in [3.8, 4) is 11.3 Å². The van der Waals surface area contributed by atoms with Gasteiger partial charge in [0.25, 0.3) is 0 Å². The fraction of sp³-hybridized carbons (Fsp3) is 0.100. The third-order valence-corrected chi connectivity index (χ3v) is 2.80. The van der Waals surface area contributed by atoms with Crippen LogP contribution in [-0.2, 0) is 7.05 Å². The summed E-state index contributed by atoms with van der Waals surface area (Å²) in [5, 5.41) is 4.12. The first kappa shape index (κ1) is 10.2. The number of nitrogen functional groups attached to an aromatic ring is 1. The average Bonchev–Trinajstić information content (AvgIpc) is 2.46. The van der Waals surface area contributed by atoms with Crippen LogP contribution in [0.25, 0.3) is 11.3 Å². The first-order valence-electron chi connectivity index (χ1n) is 4.33. The van der Waals surface area contributed by atoms with E-state index in [9.17, 15) is 4.39 Å². The van der Waals surface area contributed by atoms with Crippen molar-refractivity contribution in [1.82, 2.24) is 9.78 Å². The Balaban J connectivity index is 2.63. The number of aromatic nitrogens is 2. The van der Waals surface area contributed by atoms with Crippen molar-refractivity contribution >= 4 is 21.7 Å². The van der Waals surface area contributed by atoms with Crippen molar-refractivity contribution in [3.63, 3.8) is 0 Å². The maximum absolute atomic E-state index is 13.6. The van der Waals surface area contributed by atoms with Gasteiger partial charge in [-0.1, -0.05) is 6.07 Å². The highest BCUT2D eigenvalue weighted by atomic mass is 79.9. The van der Waals surface area contributed by atoms with Crippen LogP contribution >= 0.6 is 15.9 Å². The molecule has 0 spiro atoms. The molecular weight excluding hydrogens is 261 g/mol. The zero-order valence-electron chi connectivity index (χ0n) is 8.04. The molecule has 2 aromatic rings. The molecule has 15 heavy (non-hydrogen) atoms. The van der Waals surface area contributed by atoms with Crippen LogP contribution in [0, 0.1) is 5.82 Å². The fourth-order valence-electron chi connectivity index (χ4n) is 1.35. The Morgan fingerprint density at radius 1 is 1.47 bits per heavy atom. The lowest BCUT2D eigenvalue weighted by Crippen LogP contribution is -1.96. The quantitative estimate of drug-likeness (QED) is 0.865. The second-order valence-corrected chi connectivity index (χ2v) is 4.03. The summed E-state index contributed by atoms with van der Waals surface area (Å²) < 4.78 is 15.7. The normalized spacial score (nSPS) is 10.6. The average molecular weight is 270 g/mol. The van der Waals surface area contributed by atoms with Crippen LogP contribution in [0.4, 0.5) is 10.2 Å². The molecule has 5 heteroatoms. The highest BCUT2D eigenvalue weighted by molar-refractivity contribution is 9.10. The fourth-order valence-corrected chi connectivity index (χ4v) is 1.89. The molecule has 1 aromatic heterocycles. The van der Waals surface area contributed by atoms with Gasteiger partial charge in [-0.05, 0) is 28.1 Å². The monoisotopic (exact) mass is 269 g/mol. The number of benzene rings is 1. The molecule has 2 N–H and O–H groups in total. The molecule has 0 atom stereocenters. The van der Waals surface area contributed by atoms with Gasteiger partial charge >= 0.3 is 0 Å². The molecule has 0 unspecified atom stereocenters. The minimum atomic E-state index is -0.317. The molecule has 1 heterocycles. The largest absolute Gasteiger partial charge is 0.384 e. The van der Waals surface area contributed by atoms with Gasteiger partial charge in [-0.3, -0.25) is 4.68 Å². The van der Waals surface area contributed by atoms with E-state index < -0.39 is 0 Å². The summed E-state index contributed by atoms with van der Waals surface area (Å²) in [6.07, 6.45) is 0. The van der Waals surface area contributed by atoms with Gasteiger partial charge in [0.1, 0.15) is 11.6 Å². The number of hydrogen-bond acceptors (Lipinski definition) is 2. The molecule has 78 valence electrons. The molecule has 0 amide bonds. The minimum absolute atomic E-state index is 0.317. The van der Waals surface area contributed by atoms with Gasteiger partial charge in [-0.25, -0.2) is 4.39 Å². The Kier molecular flexibility index (Phi) is 2.48. The zero-order valence-corrected chi connectivity index (χ0v) is 9.62. The summed E-state index contributed by atoms with van der Waals surface area (Å²) in [5.41, 5.74) is 6.60. The Morgan fingerprint density at radius 2 is 2.20 bits per heavy atom. The van der Waals surface area contributed by atoms with Crippen LogP contribution in [0.15, 0.2) is 28.7 Å². The third-order valence-electron chi connectivity index (χ3n) is 2.13. The number of anilines is 1. The summed E-state index contributed by atoms with van der Waals surface area (Å²) in [5.74, 6) is 0.183. The first-order chi connectivity index (χ1) is 7.09. The van der Waals surface area contributed by atoms with E-state index in [0.29, 0.717) is 21.5 Å². The third kappa shape index (κ3) is 1.74. The molecule has 1 aromatic carbocycles. The van der Waals surface area contributed by atoms with E-state index in [1.165, 1.54) is 10.7 Å². The van der Waals surface area contributed by atoms with E-state index >= 15 is 0 Å². The maximum Gasteiger partial charge on any atom is 0.133 e. The molecular formula is C10H9BrFN3. The predicted molar refractivity (Wildman–Crippen MR) is 60.7 cm³/mol. The van der Waals surface area contributed by atoms with E-state index in [1.807, 2.05) is 0 Å². The molecule has 0 bridgehead atoms. The van der Waals surface area contributed by atoms with Crippen molar-refractivity contribution in [2.45, 2.75) is 0 Å². The van der Waals surface area contributed by atoms with Crippen molar-refractivity contribution in [3.05, 3.63) is 34.6 Å². The zero-order chi connectivity index (χ0) is 11.0. The standard InChI is InChI=1S/C10H9BrFN3/c1-15-9(13)5-8(14-15)10-6(11)3-2-4-7(10)12/h2-5H,13H2,1H3. The highest BCUT2D eigenvalue weighted by Gasteiger charge is 2.12. The molecule has 0 fully saturated rings. The van der Waals surface area contributed by atoms with Crippen LogP contribution in [0.3, 0.4) is 0 Å². The van der Waals surface area contributed by atoms with Gasteiger partial charge < -0.3 is 5.73 Å². The van der Waals surface area contributed by atoms with Crippen LogP contribution in [0.5, 0.6) is 0 Å². The summed E-state index contributed by atoms with van der Waals surface area (Å²) in [7, 11) is 1.72. The summed E-state index contributed by atoms with van der Waals surface area (Å²) >= 11 is 3.29. The Labute approximate surface area is 94.8 Å². The Bertz CT molecular complexity index is 468. The molecule has 0 radical (unpaired) electrons. The van der Waals surface area contributed by atoms with Crippen molar-refractivity contribution in [2.75, 3.05) is 5.73 Å². The van der Waals surface area contributed by atoms with Gasteiger partial charge in [0.2, 0.25) is 0 Å². The molecule has 0 saturated heterocycles. The number of nitrogens with zero attached hydrogens (tertiary/aromatic N) is 2. The summed E-state index contributed by atoms with van der Waals surface area (Å²) in [6, 6.07) is 6.44. The lowest BCUT2D eigenvalue weighted by molar-refractivity contribution is 0.629. The molecule has 3 nitrogen and oxygen atoms in total. The van der Waals surface area contributed by atoms with Crippen LogP contribution in [-0.4, -0.2) is 9.78 Å². The van der Waals surface area contributed by atoms with Crippen LogP contribution < -0.4 is 5.73 Å². The number of rotatable bonds is 1. The van der Waals surface area contributed by atoms with Crippen LogP contribution in [0.2, 0.25) is 0 Å². The summed E-state index contributed by atoms with van der Waals surface area (Å²) in [6.45, 7) is 0. The van der Waals surface area contributed by atoms with E-state index in [4.69, 9.17) is 5.73 Å². The molecule has 2 rings (SSSR count). The summed E-state index contributed by atoms with van der Waals surface area (Å²) in [4.78, 5) is 0. The van der Waals surface area contributed by atoms with Crippen molar-refractivity contribution in [2.24, 2.45) is 7.05 Å². The maximum atomic E-state index is 13.6. The Morgan fingerprint density at radius 3 is 2.73 bits per heavy atom. The van der Waals surface area contributed by atoms with Gasteiger partial charge in [0.05, 0.1) is 11.3 Å². The molecule has 0 aliphatic rings. The van der Waals surface area contributed by atoms with Crippen LogP contribution in [0.1, 0.15) is 0 Å². The lowest BCUT2D eigenvalue weighted by atomic mass is 10.1. The second kappa shape index (κ2) is 3.66. The Hall–Kier alpha value is -1.36. The smallest absolute Gasteiger partial charge is 0.133 e. The highest BCUT2D eigenvalue weighted by Crippen LogP contribution is 2.30. The van der Waals surface area contributed by atoms with Gasteiger partial charge in [0.15, 0.2) is 0 Å². The second-order valence-electron chi connectivity index (χ2n) is 3.17. The number of nitrogens with two attached hydrogens (primary N) is 1. The number of halogens is 2. The van der Waals surface area contributed by atoms with Crippen molar-refractivity contribution < 1.29 is 4.39 Å². The first-order valence-corrected chi connectivity index (χ1v) is 5.13. The van der Waals surface area contributed by atoms with Gasteiger partial charge in [0, 0.05) is 17.6 Å². The molecule has 0 aliphatic carbocycles. The van der Waals surface area contributed by atoms with E-state index in [2.05, 4.69) is 21.0 Å². The predicted octanol–water partition coefficient (Wildman–Crippen LogP) is 2.57. The van der Waals surface area contributed by atoms with E-state index in [1.54, 1.807) is 25.2 Å². The topological polar surface area (TPSA) is 43.8 Å². The van der Waals surface area contributed by atoms with Crippen molar-refractivity contribution in [1.29, 1.82) is 0 Å².